The highest BCUT2D eigenvalue weighted by atomic mass is 16.2. The van der Waals surface area contributed by atoms with Crippen LogP contribution in [0.3, 0.4) is 0 Å². The van der Waals surface area contributed by atoms with Crippen molar-refractivity contribution in [3.05, 3.63) is 35.9 Å². The molecule has 0 bridgehead atoms. The van der Waals surface area contributed by atoms with E-state index < -0.39 is 5.54 Å². The van der Waals surface area contributed by atoms with E-state index in [1.807, 2.05) is 37.1 Å². The monoisotopic (exact) mass is 299 g/mol. The molecule has 0 aliphatic heterocycles. The molecule has 1 atom stereocenters. The van der Waals surface area contributed by atoms with E-state index in [-0.39, 0.29) is 5.91 Å². The average molecular weight is 299 g/mol. The minimum absolute atomic E-state index is 0.0573. The van der Waals surface area contributed by atoms with E-state index in [1.54, 1.807) is 0 Å². The van der Waals surface area contributed by atoms with E-state index in [4.69, 9.17) is 0 Å². The molecule has 22 heavy (non-hydrogen) atoms. The number of likely N-dealkylation sites (N-methyl/N-ethyl adjacent to an activating group) is 1. The summed E-state index contributed by atoms with van der Waals surface area (Å²) in [6.07, 6.45) is 4.12. The number of hydrogen-bond donors (Lipinski definition) is 1. The van der Waals surface area contributed by atoms with Gasteiger partial charge in [-0.3, -0.25) is 9.69 Å². The van der Waals surface area contributed by atoms with Crippen molar-refractivity contribution in [1.29, 1.82) is 5.26 Å². The summed E-state index contributed by atoms with van der Waals surface area (Å²) in [4.78, 5) is 14.1. The zero-order valence-corrected chi connectivity index (χ0v) is 13.5. The highest BCUT2D eigenvalue weighted by Gasteiger charge is 2.42. The number of carbonyl (C=O) groups is 1. The van der Waals surface area contributed by atoms with Gasteiger partial charge in [-0.05, 0) is 57.7 Å². The summed E-state index contributed by atoms with van der Waals surface area (Å²) in [5.74, 6) is 0.267. The lowest BCUT2D eigenvalue weighted by atomic mass is 9.98. The van der Waals surface area contributed by atoms with Gasteiger partial charge in [0.2, 0.25) is 5.91 Å². The van der Waals surface area contributed by atoms with Crippen LogP contribution in [-0.4, -0.2) is 36.5 Å². The molecule has 1 fully saturated rings. The maximum absolute atomic E-state index is 12.1. The third kappa shape index (κ3) is 4.85. The first-order chi connectivity index (χ1) is 10.5. The Labute approximate surface area is 133 Å². The van der Waals surface area contributed by atoms with Gasteiger partial charge in [0.25, 0.3) is 0 Å². The Bertz CT molecular complexity index is 533. The molecule has 4 nitrogen and oxygen atoms in total. The Hall–Kier alpha value is -1.86. The predicted octanol–water partition coefficient (Wildman–Crippen LogP) is 2.36. The van der Waals surface area contributed by atoms with Crippen LogP contribution >= 0.6 is 0 Å². The van der Waals surface area contributed by atoms with Crippen LogP contribution in [0.4, 0.5) is 0 Å². The summed E-state index contributed by atoms with van der Waals surface area (Å²) in [6.45, 7) is 3.05. The molecule has 1 aliphatic rings. The third-order valence-electron chi connectivity index (χ3n) is 4.29. The first-order valence-electron chi connectivity index (χ1n) is 7.98. The van der Waals surface area contributed by atoms with Crippen molar-refractivity contribution in [2.75, 3.05) is 20.1 Å². The van der Waals surface area contributed by atoms with Crippen LogP contribution in [0.5, 0.6) is 0 Å². The summed E-state index contributed by atoms with van der Waals surface area (Å²) < 4.78 is 0. The Morgan fingerprint density at radius 3 is 2.68 bits per heavy atom. The summed E-state index contributed by atoms with van der Waals surface area (Å²) >= 11 is 0. The fourth-order valence-corrected chi connectivity index (χ4v) is 2.73. The fraction of sp³-hybridized carbons (Fsp3) is 0.556. The van der Waals surface area contributed by atoms with Gasteiger partial charge in [-0.15, -0.1) is 0 Å². The second-order valence-corrected chi connectivity index (χ2v) is 6.46. The molecule has 0 saturated heterocycles. The molecule has 0 aromatic heterocycles. The van der Waals surface area contributed by atoms with Gasteiger partial charge < -0.3 is 5.32 Å². The van der Waals surface area contributed by atoms with E-state index >= 15 is 0 Å². The van der Waals surface area contributed by atoms with Crippen molar-refractivity contribution in [2.45, 2.75) is 38.1 Å². The van der Waals surface area contributed by atoms with Crippen molar-refractivity contribution in [1.82, 2.24) is 10.2 Å². The number of amides is 1. The van der Waals surface area contributed by atoms with Crippen molar-refractivity contribution >= 4 is 5.91 Å². The Morgan fingerprint density at radius 1 is 1.41 bits per heavy atom. The molecule has 4 heteroatoms. The maximum atomic E-state index is 12.1. The lowest BCUT2D eigenvalue weighted by Crippen LogP contribution is -2.49. The van der Waals surface area contributed by atoms with Gasteiger partial charge in [0.05, 0.1) is 12.6 Å². The predicted molar refractivity (Wildman–Crippen MR) is 87.1 cm³/mol. The van der Waals surface area contributed by atoms with Crippen molar-refractivity contribution in [3.63, 3.8) is 0 Å². The van der Waals surface area contributed by atoms with Crippen LogP contribution in [0, 0.1) is 17.2 Å². The van der Waals surface area contributed by atoms with Gasteiger partial charge in [0.15, 0.2) is 0 Å². The average Bonchev–Trinajstić information content (AvgIpc) is 3.33. The van der Waals surface area contributed by atoms with Gasteiger partial charge in [-0.25, -0.2) is 0 Å². The number of aryl methyl sites for hydroxylation is 1. The molecule has 1 aromatic carbocycles. The standard InChI is InChI=1S/C18H25N3O/c1-18(14-19,16-10-11-16)20-17(22)13-21(2)12-6-9-15-7-4-3-5-8-15/h3-5,7-8,16H,6,9-13H2,1-2H3,(H,20,22)/t18-/m1/s1. The highest BCUT2D eigenvalue weighted by Crippen LogP contribution is 2.39. The van der Waals surface area contributed by atoms with E-state index in [0.29, 0.717) is 12.5 Å². The van der Waals surface area contributed by atoms with Crippen LogP contribution in [0.15, 0.2) is 30.3 Å². The number of hydrogen-bond acceptors (Lipinski definition) is 3. The minimum Gasteiger partial charge on any atom is -0.337 e. The molecule has 0 radical (unpaired) electrons. The quantitative estimate of drug-likeness (QED) is 0.801. The first-order valence-corrected chi connectivity index (χ1v) is 7.98. The van der Waals surface area contributed by atoms with Crippen LogP contribution in [0.2, 0.25) is 0 Å². The Kier molecular flexibility index (Phi) is 5.57. The van der Waals surface area contributed by atoms with Crippen LogP contribution in [0.25, 0.3) is 0 Å². The molecule has 1 saturated carbocycles. The first kappa shape index (κ1) is 16.5. The molecular formula is C18H25N3O. The second-order valence-electron chi connectivity index (χ2n) is 6.46. The van der Waals surface area contributed by atoms with Gasteiger partial charge in [-0.2, -0.15) is 5.26 Å². The number of carbonyl (C=O) groups excluding carboxylic acids is 1. The summed E-state index contributed by atoms with van der Waals surface area (Å²) in [5.41, 5.74) is 0.633. The zero-order valence-electron chi connectivity index (χ0n) is 13.5. The van der Waals surface area contributed by atoms with Crippen LogP contribution < -0.4 is 5.32 Å². The van der Waals surface area contributed by atoms with E-state index in [9.17, 15) is 10.1 Å². The van der Waals surface area contributed by atoms with Gasteiger partial charge in [0.1, 0.15) is 5.54 Å². The lowest BCUT2D eigenvalue weighted by molar-refractivity contribution is -0.123. The molecule has 1 amide bonds. The number of nitrogens with one attached hydrogen (secondary N) is 1. The van der Waals surface area contributed by atoms with E-state index in [0.717, 1.165) is 32.2 Å². The largest absolute Gasteiger partial charge is 0.337 e. The van der Waals surface area contributed by atoms with E-state index in [1.165, 1.54) is 5.56 Å². The second kappa shape index (κ2) is 7.42. The Balaban J connectivity index is 1.69. The fourth-order valence-electron chi connectivity index (χ4n) is 2.73. The van der Waals surface area contributed by atoms with Crippen molar-refractivity contribution in [2.24, 2.45) is 5.92 Å². The van der Waals surface area contributed by atoms with Crippen LogP contribution in [-0.2, 0) is 11.2 Å². The SMILES string of the molecule is CN(CCCc1ccccc1)CC(=O)N[C@](C)(C#N)C1CC1. The zero-order chi connectivity index (χ0) is 16.0. The third-order valence-corrected chi connectivity index (χ3v) is 4.29. The number of nitriles is 1. The van der Waals surface area contributed by atoms with Crippen molar-refractivity contribution in [3.8, 4) is 6.07 Å². The molecule has 0 heterocycles. The smallest absolute Gasteiger partial charge is 0.235 e. The molecule has 118 valence electrons. The highest BCUT2D eigenvalue weighted by molar-refractivity contribution is 5.79. The van der Waals surface area contributed by atoms with Crippen LogP contribution in [0.1, 0.15) is 31.7 Å². The lowest BCUT2D eigenvalue weighted by Gasteiger charge is -2.24. The number of benzene rings is 1. The maximum Gasteiger partial charge on any atom is 0.235 e. The molecule has 2 rings (SSSR count). The van der Waals surface area contributed by atoms with E-state index in [2.05, 4.69) is 23.5 Å². The summed E-state index contributed by atoms with van der Waals surface area (Å²) in [5, 5.41) is 12.2. The van der Waals surface area contributed by atoms with Crippen molar-refractivity contribution < 1.29 is 4.79 Å². The molecule has 0 unspecified atom stereocenters. The molecule has 1 aromatic rings. The molecule has 1 aliphatic carbocycles. The van der Waals surface area contributed by atoms with Gasteiger partial charge in [-0.1, -0.05) is 30.3 Å². The topological polar surface area (TPSA) is 56.1 Å². The summed E-state index contributed by atoms with van der Waals surface area (Å²) in [7, 11) is 1.95. The normalized spacial score (nSPS) is 16.8. The summed E-state index contributed by atoms with van der Waals surface area (Å²) in [6, 6.07) is 12.6. The Morgan fingerprint density at radius 2 is 2.09 bits per heavy atom. The number of nitrogens with zero attached hydrogens (tertiary/aromatic N) is 2. The molecular weight excluding hydrogens is 274 g/mol. The van der Waals surface area contributed by atoms with Gasteiger partial charge >= 0.3 is 0 Å². The number of rotatable bonds is 8. The molecule has 0 spiro atoms. The minimum atomic E-state index is -0.692. The van der Waals surface area contributed by atoms with Gasteiger partial charge in [0, 0.05) is 0 Å². The molecule has 1 N–H and O–H groups in total.